The highest BCUT2D eigenvalue weighted by atomic mass is 32.1. The van der Waals surface area contributed by atoms with Crippen molar-refractivity contribution in [1.29, 1.82) is 0 Å². The van der Waals surface area contributed by atoms with Gasteiger partial charge in [0.05, 0.1) is 7.11 Å². The molecule has 1 atom stereocenters. The van der Waals surface area contributed by atoms with Gasteiger partial charge in [0.15, 0.2) is 0 Å². The van der Waals surface area contributed by atoms with Crippen LogP contribution < -0.4 is 5.32 Å². The molecule has 0 saturated heterocycles. The van der Waals surface area contributed by atoms with E-state index in [9.17, 15) is 4.79 Å². The fourth-order valence-electron chi connectivity index (χ4n) is 2.14. The van der Waals surface area contributed by atoms with E-state index in [2.05, 4.69) is 16.8 Å². The third kappa shape index (κ3) is 3.68. The fourth-order valence-corrected chi connectivity index (χ4v) is 2.85. The van der Waals surface area contributed by atoms with E-state index in [0.717, 1.165) is 24.1 Å². The Morgan fingerprint density at radius 1 is 1.30 bits per heavy atom. The van der Waals surface area contributed by atoms with Crippen LogP contribution in [0, 0.1) is 6.92 Å². The van der Waals surface area contributed by atoms with E-state index in [1.165, 1.54) is 12.0 Å². The van der Waals surface area contributed by atoms with Crippen LogP contribution in [0.25, 0.3) is 0 Å². The van der Waals surface area contributed by atoms with Crippen LogP contribution >= 0.6 is 11.3 Å². The Hall–Kier alpha value is -1.65. The Bertz CT molecular complexity index is 551. The molecule has 106 valence electrons. The Balaban J connectivity index is 2.04. The van der Waals surface area contributed by atoms with E-state index in [1.807, 2.05) is 37.3 Å². The van der Waals surface area contributed by atoms with Gasteiger partial charge in [-0.3, -0.25) is 0 Å². The molecule has 3 nitrogen and oxygen atoms in total. The van der Waals surface area contributed by atoms with E-state index in [4.69, 9.17) is 4.74 Å². The van der Waals surface area contributed by atoms with Crippen LogP contribution in [0.3, 0.4) is 0 Å². The van der Waals surface area contributed by atoms with Crippen LogP contribution in [0.1, 0.15) is 22.0 Å². The quantitative estimate of drug-likeness (QED) is 0.830. The first-order valence-electron chi connectivity index (χ1n) is 6.61. The molecule has 0 bridgehead atoms. The van der Waals surface area contributed by atoms with Gasteiger partial charge >= 0.3 is 5.97 Å². The number of benzene rings is 1. The molecule has 0 aliphatic carbocycles. The van der Waals surface area contributed by atoms with Gasteiger partial charge in [-0.15, -0.1) is 11.3 Å². The number of aryl methyl sites for hydroxylation is 1. The highest BCUT2D eigenvalue weighted by molar-refractivity contribution is 7.09. The third-order valence-corrected chi connectivity index (χ3v) is 4.17. The Morgan fingerprint density at radius 2 is 2.10 bits per heavy atom. The van der Waals surface area contributed by atoms with Crippen LogP contribution in [0.4, 0.5) is 0 Å². The lowest BCUT2D eigenvalue weighted by atomic mass is 10.0. The molecule has 0 radical (unpaired) electrons. The molecule has 2 rings (SSSR count). The van der Waals surface area contributed by atoms with Gasteiger partial charge in [-0.2, -0.15) is 0 Å². The molecule has 0 saturated carbocycles. The van der Waals surface area contributed by atoms with Gasteiger partial charge in [-0.1, -0.05) is 30.3 Å². The summed E-state index contributed by atoms with van der Waals surface area (Å²) in [5.41, 5.74) is 2.07. The summed E-state index contributed by atoms with van der Waals surface area (Å²) in [5, 5.41) is 5.36. The minimum absolute atomic E-state index is 0.245. The number of rotatable bonds is 6. The summed E-state index contributed by atoms with van der Waals surface area (Å²) < 4.78 is 4.91. The van der Waals surface area contributed by atoms with Gasteiger partial charge in [0, 0.05) is 11.4 Å². The van der Waals surface area contributed by atoms with Crippen molar-refractivity contribution in [2.45, 2.75) is 19.4 Å². The number of methoxy groups -OCH3 is 1. The zero-order chi connectivity index (χ0) is 14.4. The summed E-state index contributed by atoms with van der Waals surface area (Å²) in [6, 6.07) is 11.6. The Labute approximate surface area is 123 Å². The lowest BCUT2D eigenvalue weighted by molar-refractivity contribution is -0.143. The smallest absolute Gasteiger partial charge is 0.327 e. The lowest BCUT2D eigenvalue weighted by Crippen LogP contribution is -2.31. The van der Waals surface area contributed by atoms with Gasteiger partial charge < -0.3 is 10.1 Å². The van der Waals surface area contributed by atoms with Crippen LogP contribution in [0.5, 0.6) is 0 Å². The second-order valence-corrected chi connectivity index (χ2v) is 5.63. The van der Waals surface area contributed by atoms with Crippen LogP contribution in [0.2, 0.25) is 0 Å². The molecule has 0 fully saturated rings. The summed E-state index contributed by atoms with van der Waals surface area (Å²) in [5.74, 6) is -0.245. The van der Waals surface area contributed by atoms with Crippen molar-refractivity contribution in [3.8, 4) is 0 Å². The molecular weight excluding hydrogens is 270 g/mol. The van der Waals surface area contributed by atoms with Crippen LogP contribution in [-0.2, 0) is 16.0 Å². The number of ether oxygens (including phenoxy) is 1. The number of hydrogen-bond donors (Lipinski definition) is 1. The first-order valence-corrected chi connectivity index (χ1v) is 7.49. The van der Waals surface area contributed by atoms with Gasteiger partial charge in [0.2, 0.25) is 0 Å². The Kier molecular flexibility index (Phi) is 5.32. The van der Waals surface area contributed by atoms with Crippen molar-refractivity contribution < 1.29 is 9.53 Å². The summed E-state index contributed by atoms with van der Waals surface area (Å²) in [7, 11) is 1.43. The molecule has 1 N–H and O–H groups in total. The average Bonchev–Trinajstić information content (AvgIpc) is 2.97. The largest absolute Gasteiger partial charge is 0.468 e. The molecule has 0 amide bonds. The van der Waals surface area contributed by atoms with Crippen LogP contribution in [-0.4, -0.2) is 19.6 Å². The van der Waals surface area contributed by atoms with Gasteiger partial charge in [-0.05, 0) is 35.9 Å². The maximum atomic E-state index is 12.0. The van der Waals surface area contributed by atoms with E-state index in [1.54, 1.807) is 11.3 Å². The second kappa shape index (κ2) is 7.22. The van der Waals surface area contributed by atoms with E-state index >= 15 is 0 Å². The van der Waals surface area contributed by atoms with E-state index in [-0.39, 0.29) is 5.97 Å². The third-order valence-electron chi connectivity index (χ3n) is 3.24. The highest BCUT2D eigenvalue weighted by Gasteiger charge is 2.21. The minimum atomic E-state index is -0.402. The molecule has 1 aromatic carbocycles. The topological polar surface area (TPSA) is 38.3 Å². The monoisotopic (exact) mass is 289 g/mol. The first kappa shape index (κ1) is 14.8. The summed E-state index contributed by atoms with van der Waals surface area (Å²) in [6.45, 7) is 2.75. The Morgan fingerprint density at radius 3 is 2.75 bits per heavy atom. The SMILES string of the molecule is COC(=O)C(NCCc1cccs1)c1ccccc1C. The average molecular weight is 289 g/mol. The van der Waals surface area contributed by atoms with E-state index < -0.39 is 6.04 Å². The molecular formula is C16H19NO2S. The molecule has 0 aliphatic heterocycles. The predicted octanol–water partition coefficient (Wildman–Crippen LogP) is 3.10. The number of carbonyl (C=O) groups excluding carboxylic acids is 1. The van der Waals surface area contributed by atoms with Crippen molar-refractivity contribution in [3.05, 3.63) is 57.8 Å². The van der Waals surface area contributed by atoms with Crippen molar-refractivity contribution in [2.24, 2.45) is 0 Å². The minimum Gasteiger partial charge on any atom is -0.468 e. The molecule has 0 aliphatic rings. The molecule has 1 heterocycles. The van der Waals surface area contributed by atoms with Gasteiger partial charge in [0.25, 0.3) is 0 Å². The molecule has 1 aromatic heterocycles. The molecule has 0 spiro atoms. The van der Waals surface area contributed by atoms with Crippen molar-refractivity contribution >= 4 is 17.3 Å². The standard InChI is InChI=1S/C16H19NO2S/c1-12-6-3-4-8-14(12)15(16(18)19-2)17-10-9-13-7-5-11-20-13/h3-8,11,15,17H,9-10H2,1-2H3. The number of esters is 1. The maximum absolute atomic E-state index is 12.0. The summed E-state index contributed by atoms with van der Waals surface area (Å²) in [4.78, 5) is 13.3. The van der Waals surface area contributed by atoms with Crippen molar-refractivity contribution in [2.75, 3.05) is 13.7 Å². The molecule has 1 unspecified atom stereocenters. The summed E-state index contributed by atoms with van der Waals surface area (Å²) >= 11 is 1.73. The zero-order valence-corrected chi connectivity index (χ0v) is 12.6. The lowest BCUT2D eigenvalue weighted by Gasteiger charge is -2.18. The normalized spacial score (nSPS) is 12.1. The predicted molar refractivity (Wildman–Crippen MR) is 82.0 cm³/mol. The van der Waals surface area contributed by atoms with E-state index in [0.29, 0.717) is 0 Å². The van der Waals surface area contributed by atoms with Gasteiger partial charge in [-0.25, -0.2) is 4.79 Å². The fraction of sp³-hybridized carbons (Fsp3) is 0.312. The van der Waals surface area contributed by atoms with Crippen molar-refractivity contribution in [3.63, 3.8) is 0 Å². The second-order valence-electron chi connectivity index (χ2n) is 4.60. The zero-order valence-electron chi connectivity index (χ0n) is 11.8. The molecule has 4 heteroatoms. The summed E-state index contributed by atoms with van der Waals surface area (Å²) in [6.07, 6.45) is 0.914. The number of nitrogens with one attached hydrogen (secondary N) is 1. The highest BCUT2D eigenvalue weighted by Crippen LogP contribution is 2.19. The number of hydrogen-bond acceptors (Lipinski definition) is 4. The molecule has 2 aromatic rings. The molecule has 20 heavy (non-hydrogen) atoms. The number of thiophene rings is 1. The maximum Gasteiger partial charge on any atom is 0.327 e. The van der Waals surface area contributed by atoms with Crippen molar-refractivity contribution in [1.82, 2.24) is 5.32 Å². The number of carbonyl (C=O) groups is 1. The first-order chi connectivity index (χ1) is 9.72. The van der Waals surface area contributed by atoms with Gasteiger partial charge in [0.1, 0.15) is 6.04 Å². The van der Waals surface area contributed by atoms with Crippen LogP contribution in [0.15, 0.2) is 41.8 Å².